The molecule has 4 nitrogen and oxygen atoms in total. The molecule has 0 atom stereocenters. The third-order valence-corrected chi connectivity index (χ3v) is 5.24. The van der Waals surface area contributed by atoms with Crippen LogP contribution in [0.5, 0.6) is 0 Å². The number of nitrogens with zero attached hydrogens (tertiary/aromatic N) is 2. The van der Waals surface area contributed by atoms with Gasteiger partial charge >= 0.3 is 0 Å². The van der Waals surface area contributed by atoms with Crippen LogP contribution in [-0.4, -0.2) is 44.0 Å². The van der Waals surface area contributed by atoms with E-state index in [0.29, 0.717) is 0 Å². The first-order chi connectivity index (χ1) is 13.7. The first-order valence-corrected chi connectivity index (χ1v) is 9.70. The Kier molecular flexibility index (Phi) is 5.40. The number of fused-ring (bicyclic) bond motifs is 1. The molecular formula is C24H25N3O. The highest BCUT2D eigenvalue weighted by Crippen LogP contribution is 2.26. The van der Waals surface area contributed by atoms with E-state index in [-0.39, 0.29) is 5.91 Å². The van der Waals surface area contributed by atoms with E-state index in [2.05, 4.69) is 46.4 Å². The molecule has 1 fully saturated rings. The molecule has 1 N–H and O–H groups in total. The molecule has 3 aromatic carbocycles. The number of para-hydroxylation sites is 2. The minimum absolute atomic E-state index is 0.116. The molecule has 0 radical (unpaired) electrons. The maximum Gasteiger partial charge on any atom is 0.248 e. The van der Waals surface area contributed by atoms with Crippen LogP contribution in [0.2, 0.25) is 0 Å². The number of likely N-dealkylation sites (N-methyl/N-ethyl adjacent to an activating group) is 1. The summed E-state index contributed by atoms with van der Waals surface area (Å²) in [5.74, 6) is -0.116. The molecular weight excluding hydrogens is 346 g/mol. The number of hydrogen-bond acceptors (Lipinski definition) is 3. The number of nitrogens with one attached hydrogen (secondary N) is 1. The maximum absolute atomic E-state index is 12.6. The summed E-state index contributed by atoms with van der Waals surface area (Å²) in [6.07, 6.45) is 3.50. The fourth-order valence-corrected chi connectivity index (χ4v) is 3.64. The van der Waals surface area contributed by atoms with Crippen molar-refractivity contribution in [3.63, 3.8) is 0 Å². The summed E-state index contributed by atoms with van der Waals surface area (Å²) in [7, 11) is 2.14. The summed E-state index contributed by atoms with van der Waals surface area (Å²) in [6, 6.07) is 22.4. The van der Waals surface area contributed by atoms with E-state index in [4.69, 9.17) is 0 Å². The molecule has 3 aromatic rings. The zero-order valence-electron chi connectivity index (χ0n) is 16.1. The number of benzene rings is 3. The molecule has 4 rings (SSSR count). The van der Waals surface area contributed by atoms with Crippen LogP contribution in [-0.2, 0) is 4.79 Å². The van der Waals surface area contributed by atoms with Crippen molar-refractivity contribution < 1.29 is 4.79 Å². The Morgan fingerprint density at radius 1 is 0.893 bits per heavy atom. The van der Waals surface area contributed by atoms with Crippen molar-refractivity contribution in [1.82, 2.24) is 4.90 Å². The largest absolute Gasteiger partial charge is 0.367 e. The Balaban J connectivity index is 1.50. The van der Waals surface area contributed by atoms with E-state index in [1.54, 1.807) is 6.08 Å². The predicted molar refractivity (Wildman–Crippen MR) is 118 cm³/mol. The second kappa shape index (κ2) is 8.28. The van der Waals surface area contributed by atoms with E-state index in [1.807, 2.05) is 48.5 Å². The highest BCUT2D eigenvalue weighted by Gasteiger charge is 2.17. The molecule has 28 heavy (non-hydrogen) atoms. The summed E-state index contributed by atoms with van der Waals surface area (Å²) in [6.45, 7) is 4.00. The van der Waals surface area contributed by atoms with Crippen LogP contribution < -0.4 is 10.2 Å². The van der Waals surface area contributed by atoms with Gasteiger partial charge in [-0.3, -0.25) is 4.79 Å². The van der Waals surface area contributed by atoms with Gasteiger partial charge in [0.15, 0.2) is 0 Å². The van der Waals surface area contributed by atoms with E-state index >= 15 is 0 Å². The van der Waals surface area contributed by atoms with Gasteiger partial charge in [-0.15, -0.1) is 0 Å². The van der Waals surface area contributed by atoms with Gasteiger partial charge in [-0.05, 0) is 41.6 Å². The summed E-state index contributed by atoms with van der Waals surface area (Å²) in [5, 5.41) is 5.37. The second-order valence-electron chi connectivity index (χ2n) is 7.20. The van der Waals surface area contributed by atoms with Crippen molar-refractivity contribution in [3.8, 4) is 0 Å². The van der Waals surface area contributed by atoms with Gasteiger partial charge in [0, 0.05) is 32.3 Å². The Hall–Kier alpha value is -3.11. The maximum atomic E-state index is 12.6. The lowest BCUT2D eigenvalue weighted by atomic mass is 10.0. The number of rotatable bonds is 4. The van der Waals surface area contributed by atoms with Crippen molar-refractivity contribution in [3.05, 3.63) is 78.4 Å². The second-order valence-corrected chi connectivity index (χ2v) is 7.20. The van der Waals surface area contributed by atoms with Crippen LogP contribution >= 0.6 is 0 Å². The summed E-state index contributed by atoms with van der Waals surface area (Å²) >= 11 is 0. The smallest absolute Gasteiger partial charge is 0.248 e. The van der Waals surface area contributed by atoms with Crippen LogP contribution in [0.3, 0.4) is 0 Å². The summed E-state index contributed by atoms with van der Waals surface area (Å²) in [4.78, 5) is 17.2. The van der Waals surface area contributed by atoms with Gasteiger partial charge in [0.25, 0.3) is 0 Å². The highest BCUT2D eigenvalue weighted by atomic mass is 16.1. The zero-order valence-corrected chi connectivity index (χ0v) is 16.1. The van der Waals surface area contributed by atoms with Crippen LogP contribution in [0, 0.1) is 0 Å². The number of piperazine rings is 1. The minimum atomic E-state index is -0.116. The number of amides is 1. The van der Waals surface area contributed by atoms with Crippen molar-refractivity contribution >= 4 is 34.1 Å². The molecule has 1 aliphatic rings. The molecule has 0 unspecified atom stereocenters. The fourth-order valence-electron chi connectivity index (χ4n) is 3.64. The van der Waals surface area contributed by atoms with Gasteiger partial charge in [-0.1, -0.05) is 54.6 Å². The first kappa shape index (κ1) is 18.3. The van der Waals surface area contributed by atoms with Crippen molar-refractivity contribution in [2.75, 3.05) is 43.4 Å². The van der Waals surface area contributed by atoms with E-state index < -0.39 is 0 Å². The lowest BCUT2D eigenvalue weighted by Crippen LogP contribution is -2.44. The lowest BCUT2D eigenvalue weighted by Gasteiger charge is -2.35. The van der Waals surface area contributed by atoms with Crippen LogP contribution in [0.4, 0.5) is 11.4 Å². The molecule has 0 aliphatic carbocycles. The Morgan fingerprint density at radius 2 is 1.61 bits per heavy atom. The predicted octanol–water partition coefficient (Wildman–Crippen LogP) is 4.24. The van der Waals surface area contributed by atoms with Crippen LogP contribution in [0.1, 0.15) is 5.56 Å². The van der Waals surface area contributed by atoms with Gasteiger partial charge in [0.2, 0.25) is 5.91 Å². The third-order valence-electron chi connectivity index (χ3n) is 5.24. The lowest BCUT2D eigenvalue weighted by molar-refractivity contribution is -0.111. The Bertz CT molecular complexity index is 998. The summed E-state index contributed by atoms with van der Waals surface area (Å²) in [5.41, 5.74) is 2.99. The quantitative estimate of drug-likeness (QED) is 0.697. The SMILES string of the molecule is CN1CCN(c2ccccc2NC(=O)/C=C/c2cccc3ccccc23)CC1. The number of carbonyl (C=O) groups is 1. The minimum Gasteiger partial charge on any atom is -0.367 e. The first-order valence-electron chi connectivity index (χ1n) is 9.70. The normalized spacial score (nSPS) is 15.2. The molecule has 1 amide bonds. The van der Waals surface area contributed by atoms with Crippen molar-refractivity contribution in [1.29, 1.82) is 0 Å². The van der Waals surface area contributed by atoms with Gasteiger partial charge in [0.05, 0.1) is 11.4 Å². The standard InChI is InChI=1S/C24H25N3O/c1-26-15-17-27(18-16-26)23-12-5-4-11-22(23)25-24(28)14-13-20-9-6-8-19-7-2-3-10-21(19)20/h2-14H,15-18H2,1H3,(H,25,28)/b14-13+. The van der Waals surface area contributed by atoms with Gasteiger partial charge in [-0.2, -0.15) is 0 Å². The monoisotopic (exact) mass is 371 g/mol. The van der Waals surface area contributed by atoms with E-state index in [9.17, 15) is 4.79 Å². The fraction of sp³-hybridized carbons (Fsp3) is 0.208. The molecule has 0 aromatic heterocycles. The topological polar surface area (TPSA) is 35.6 Å². The molecule has 142 valence electrons. The van der Waals surface area contributed by atoms with Gasteiger partial charge in [-0.25, -0.2) is 0 Å². The van der Waals surface area contributed by atoms with Gasteiger partial charge in [0.1, 0.15) is 0 Å². The number of hydrogen-bond donors (Lipinski definition) is 1. The molecule has 4 heteroatoms. The molecule has 1 saturated heterocycles. The van der Waals surface area contributed by atoms with Crippen LogP contribution in [0.25, 0.3) is 16.8 Å². The third kappa shape index (κ3) is 4.07. The zero-order chi connectivity index (χ0) is 19.3. The molecule has 1 heterocycles. The highest BCUT2D eigenvalue weighted by molar-refractivity contribution is 6.05. The Morgan fingerprint density at radius 3 is 2.46 bits per heavy atom. The molecule has 0 spiro atoms. The van der Waals surface area contributed by atoms with Crippen molar-refractivity contribution in [2.24, 2.45) is 0 Å². The van der Waals surface area contributed by atoms with E-state index in [1.165, 1.54) is 5.39 Å². The average molecular weight is 371 g/mol. The molecule has 0 saturated carbocycles. The van der Waals surface area contributed by atoms with Crippen LogP contribution in [0.15, 0.2) is 72.8 Å². The summed E-state index contributed by atoms with van der Waals surface area (Å²) < 4.78 is 0. The number of carbonyl (C=O) groups excluding carboxylic acids is 1. The Labute approximate surface area is 166 Å². The number of anilines is 2. The van der Waals surface area contributed by atoms with E-state index in [0.717, 1.165) is 48.5 Å². The van der Waals surface area contributed by atoms with Crippen molar-refractivity contribution in [2.45, 2.75) is 0 Å². The molecule has 0 bridgehead atoms. The molecule has 1 aliphatic heterocycles. The van der Waals surface area contributed by atoms with Gasteiger partial charge < -0.3 is 15.1 Å². The average Bonchev–Trinajstić information content (AvgIpc) is 2.73.